The Morgan fingerprint density at radius 1 is 1.45 bits per heavy atom. The minimum atomic E-state index is -3.65. The van der Waals surface area contributed by atoms with E-state index in [4.69, 9.17) is 15.6 Å². The van der Waals surface area contributed by atoms with Gasteiger partial charge in [0.15, 0.2) is 0 Å². The fourth-order valence-electron chi connectivity index (χ4n) is 1.44. The Morgan fingerprint density at radius 2 is 2.10 bits per heavy atom. The fourth-order valence-corrected chi connectivity index (χ4v) is 1.82. The van der Waals surface area contributed by atoms with Crippen molar-refractivity contribution in [1.82, 2.24) is 0 Å². The van der Waals surface area contributed by atoms with Gasteiger partial charge in [0.1, 0.15) is 5.82 Å². The number of rotatable bonds is 6. The molecule has 5 N–H and O–H groups in total. The van der Waals surface area contributed by atoms with Gasteiger partial charge < -0.3 is 15.8 Å². The molecule has 7 nitrogen and oxygen atoms in total. The Morgan fingerprint density at radius 3 is 2.65 bits per heavy atom. The third-order valence-electron chi connectivity index (χ3n) is 2.34. The van der Waals surface area contributed by atoms with E-state index in [1.165, 1.54) is 6.07 Å². The molecule has 0 aliphatic carbocycles. The third-order valence-corrected chi connectivity index (χ3v) is 3.11. The summed E-state index contributed by atoms with van der Waals surface area (Å²) in [6.07, 6.45) is 0. The molecular weight excluding hydrogens is 289 g/mol. The van der Waals surface area contributed by atoms with Crippen molar-refractivity contribution < 1.29 is 22.3 Å². The molecule has 0 aliphatic rings. The number of primary sulfonamides is 1. The topological polar surface area (TPSA) is 125 Å². The molecule has 0 heterocycles. The van der Waals surface area contributed by atoms with Crippen molar-refractivity contribution in [2.45, 2.75) is 6.92 Å². The Kier molecular flexibility index (Phi) is 5.28. The van der Waals surface area contributed by atoms with Gasteiger partial charge in [-0.2, -0.15) is 0 Å². The van der Waals surface area contributed by atoms with Crippen molar-refractivity contribution in [3.05, 3.63) is 23.5 Å². The van der Waals surface area contributed by atoms with Crippen LogP contribution in [0, 0.1) is 5.82 Å². The minimum Gasteiger partial charge on any atom is -0.462 e. The molecule has 112 valence electrons. The van der Waals surface area contributed by atoms with E-state index in [-0.39, 0.29) is 35.8 Å². The van der Waals surface area contributed by atoms with Crippen LogP contribution in [-0.4, -0.2) is 33.3 Å². The zero-order valence-electron chi connectivity index (χ0n) is 10.8. The molecule has 0 bridgehead atoms. The molecule has 20 heavy (non-hydrogen) atoms. The summed E-state index contributed by atoms with van der Waals surface area (Å²) in [5, 5.41) is 7.36. The lowest BCUT2D eigenvalue weighted by Gasteiger charge is -2.11. The van der Waals surface area contributed by atoms with E-state index in [0.717, 1.165) is 6.07 Å². The Labute approximate surface area is 116 Å². The first-order valence-electron chi connectivity index (χ1n) is 5.75. The van der Waals surface area contributed by atoms with Gasteiger partial charge in [0, 0.05) is 12.2 Å². The predicted octanol–water partition coefficient (Wildman–Crippen LogP) is 0.285. The molecule has 0 aliphatic heterocycles. The molecule has 0 unspecified atom stereocenters. The van der Waals surface area contributed by atoms with Crippen molar-refractivity contribution in [2.75, 3.05) is 30.0 Å². The second-order valence-electron chi connectivity index (χ2n) is 3.93. The summed E-state index contributed by atoms with van der Waals surface area (Å²) >= 11 is 0. The third kappa shape index (κ3) is 4.67. The molecule has 0 radical (unpaired) electrons. The van der Waals surface area contributed by atoms with E-state index >= 15 is 0 Å². The lowest BCUT2D eigenvalue weighted by Crippen LogP contribution is -2.22. The van der Waals surface area contributed by atoms with E-state index in [1.807, 2.05) is 0 Å². The average molecular weight is 305 g/mol. The van der Waals surface area contributed by atoms with Gasteiger partial charge in [-0.25, -0.2) is 22.7 Å². The Hall–Kier alpha value is -1.87. The number of sulfonamides is 1. The van der Waals surface area contributed by atoms with Crippen LogP contribution in [0.5, 0.6) is 0 Å². The van der Waals surface area contributed by atoms with Gasteiger partial charge in [0.2, 0.25) is 10.0 Å². The van der Waals surface area contributed by atoms with Gasteiger partial charge >= 0.3 is 5.97 Å². The summed E-state index contributed by atoms with van der Waals surface area (Å²) in [5.74, 6) is -1.75. The quantitative estimate of drug-likeness (QED) is 0.512. The number of nitrogens with two attached hydrogens (primary N) is 2. The van der Waals surface area contributed by atoms with Gasteiger partial charge in [-0.3, -0.25) is 0 Å². The van der Waals surface area contributed by atoms with Crippen LogP contribution in [-0.2, 0) is 14.8 Å². The van der Waals surface area contributed by atoms with Crippen LogP contribution >= 0.6 is 0 Å². The number of carbonyl (C=O) groups is 1. The number of ether oxygens (including phenoxy) is 1. The van der Waals surface area contributed by atoms with Crippen LogP contribution in [0.15, 0.2) is 12.1 Å². The lowest BCUT2D eigenvalue weighted by atomic mass is 10.1. The molecule has 0 saturated heterocycles. The van der Waals surface area contributed by atoms with E-state index < -0.39 is 21.8 Å². The highest BCUT2D eigenvalue weighted by Gasteiger charge is 2.15. The number of hydrogen-bond donors (Lipinski definition) is 3. The van der Waals surface area contributed by atoms with Crippen LogP contribution in [0.1, 0.15) is 17.3 Å². The van der Waals surface area contributed by atoms with Crippen molar-refractivity contribution in [2.24, 2.45) is 5.14 Å². The highest BCUT2D eigenvalue weighted by Crippen LogP contribution is 2.22. The highest BCUT2D eigenvalue weighted by molar-refractivity contribution is 7.89. The summed E-state index contributed by atoms with van der Waals surface area (Å²) in [6.45, 7) is 1.69. The summed E-state index contributed by atoms with van der Waals surface area (Å²) in [6, 6.07) is 2.14. The van der Waals surface area contributed by atoms with Gasteiger partial charge in [-0.1, -0.05) is 0 Å². The smallest absolute Gasteiger partial charge is 0.340 e. The van der Waals surface area contributed by atoms with Gasteiger partial charge in [-0.05, 0) is 19.1 Å². The van der Waals surface area contributed by atoms with Crippen molar-refractivity contribution >= 4 is 27.4 Å². The molecule has 1 aromatic carbocycles. The summed E-state index contributed by atoms with van der Waals surface area (Å²) < 4.78 is 39.9. The summed E-state index contributed by atoms with van der Waals surface area (Å²) in [4.78, 5) is 11.6. The molecule has 1 rings (SSSR count). The first-order valence-corrected chi connectivity index (χ1v) is 7.46. The van der Waals surface area contributed by atoms with Gasteiger partial charge in [-0.15, -0.1) is 0 Å². The van der Waals surface area contributed by atoms with Gasteiger partial charge in [0.05, 0.1) is 23.6 Å². The number of anilines is 2. The maximum absolute atomic E-state index is 13.6. The van der Waals surface area contributed by atoms with Crippen LogP contribution in [0.2, 0.25) is 0 Å². The maximum Gasteiger partial charge on any atom is 0.340 e. The zero-order valence-corrected chi connectivity index (χ0v) is 11.7. The van der Waals surface area contributed by atoms with Crippen molar-refractivity contribution in [1.29, 1.82) is 0 Å². The molecule has 0 aromatic heterocycles. The SMILES string of the molecule is CCOC(=O)c1cc(NCCS(N)(=O)=O)c(F)cc1N. The number of carbonyl (C=O) groups excluding carboxylic acids is 1. The van der Waals surface area contributed by atoms with Crippen molar-refractivity contribution in [3.63, 3.8) is 0 Å². The van der Waals surface area contributed by atoms with Crippen LogP contribution in [0.4, 0.5) is 15.8 Å². The number of nitrogens with one attached hydrogen (secondary N) is 1. The molecule has 9 heteroatoms. The molecule has 0 saturated carbocycles. The van der Waals surface area contributed by atoms with E-state index in [2.05, 4.69) is 5.32 Å². The summed E-state index contributed by atoms with van der Waals surface area (Å²) in [5.41, 5.74) is 5.43. The highest BCUT2D eigenvalue weighted by atomic mass is 32.2. The van der Waals surface area contributed by atoms with E-state index in [1.54, 1.807) is 6.92 Å². The lowest BCUT2D eigenvalue weighted by molar-refractivity contribution is 0.0527. The molecule has 0 spiro atoms. The van der Waals surface area contributed by atoms with E-state index in [9.17, 15) is 17.6 Å². The van der Waals surface area contributed by atoms with Crippen LogP contribution in [0.3, 0.4) is 0 Å². The minimum absolute atomic E-state index is 0.00588. The second-order valence-corrected chi connectivity index (χ2v) is 5.67. The first kappa shape index (κ1) is 16.2. The van der Waals surface area contributed by atoms with E-state index in [0.29, 0.717) is 0 Å². The average Bonchev–Trinajstić information content (AvgIpc) is 2.30. The number of hydrogen-bond acceptors (Lipinski definition) is 6. The molecule has 1 aromatic rings. The number of nitrogen functional groups attached to an aromatic ring is 1. The number of benzene rings is 1. The standard InChI is InChI=1S/C11H16FN3O4S/c1-2-19-11(16)7-5-10(8(12)6-9(7)13)15-3-4-20(14,17)18/h5-6,15H,2-4,13H2,1H3,(H2,14,17,18). The predicted molar refractivity (Wildman–Crippen MR) is 73.2 cm³/mol. The molecular formula is C11H16FN3O4S. The molecule has 0 atom stereocenters. The monoisotopic (exact) mass is 305 g/mol. The van der Waals surface area contributed by atoms with Crippen molar-refractivity contribution in [3.8, 4) is 0 Å². The molecule has 0 fully saturated rings. The Balaban J connectivity index is 2.91. The van der Waals surface area contributed by atoms with Gasteiger partial charge in [0.25, 0.3) is 0 Å². The van der Waals surface area contributed by atoms with Crippen LogP contribution < -0.4 is 16.2 Å². The molecule has 0 amide bonds. The second kappa shape index (κ2) is 6.53. The summed E-state index contributed by atoms with van der Waals surface area (Å²) in [7, 11) is -3.65. The number of esters is 1. The normalized spacial score (nSPS) is 11.2. The fraction of sp³-hybridized carbons (Fsp3) is 0.364. The largest absolute Gasteiger partial charge is 0.462 e. The number of halogens is 1. The first-order chi connectivity index (χ1) is 9.24. The Bertz CT molecular complexity index is 604. The van der Waals surface area contributed by atoms with Crippen LogP contribution in [0.25, 0.3) is 0 Å². The maximum atomic E-state index is 13.6. The zero-order chi connectivity index (χ0) is 15.3.